The standard InChI is InChI=1S/C21H19N3O4S/c1-11-6-7-13-17(10-11)29-21-18(13)20(25)22-19(23-21)16-9-8-15(28-16)12-4-2-3-5-14(12)24(26)27/h2-5,8-9,11,19,23H,6-7,10H2,1H3,(H,22,25)/t11-,19-/m0/s1. The summed E-state index contributed by atoms with van der Waals surface area (Å²) < 4.78 is 5.91. The van der Waals surface area contributed by atoms with Crippen molar-refractivity contribution in [3.05, 3.63) is 68.3 Å². The maximum absolute atomic E-state index is 12.8. The Morgan fingerprint density at radius 1 is 1.21 bits per heavy atom. The molecule has 2 aromatic heterocycles. The van der Waals surface area contributed by atoms with Gasteiger partial charge in [-0.2, -0.15) is 0 Å². The summed E-state index contributed by atoms with van der Waals surface area (Å²) in [5.74, 6) is 1.44. The molecule has 0 unspecified atom stereocenters. The first-order valence-corrected chi connectivity index (χ1v) is 10.4. The fourth-order valence-electron chi connectivity index (χ4n) is 4.10. The molecule has 2 N–H and O–H groups in total. The van der Waals surface area contributed by atoms with E-state index in [9.17, 15) is 14.9 Å². The van der Waals surface area contributed by atoms with Crippen molar-refractivity contribution in [2.45, 2.75) is 32.4 Å². The average molecular weight is 409 g/mol. The van der Waals surface area contributed by atoms with Crippen LogP contribution in [0, 0.1) is 16.0 Å². The second-order valence-corrected chi connectivity index (χ2v) is 8.69. The minimum absolute atomic E-state index is 0.0172. The van der Waals surface area contributed by atoms with Crippen LogP contribution in [0.15, 0.2) is 40.8 Å². The summed E-state index contributed by atoms with van der Waals surface area (Å²) in [6.07, 6.45) is 2.54. The van der Waals surface area contributed by atoms with Gasteiger partial charge in [0.2, 0.25) is 0 Å². The van der Waals surface area contributed by atoms with Crippen LogP contribution in [0.2, 0.25) is 0 Å². The Bertz CT molecular complexity index is 1130. The Kier molecular flexibility index (Phi) is 4.16. The molecule has 7 nitrogen and oxygen atoms in total. The molecule has 148 valence electrons. The van der Waals surface area contributed by atoms with Crippen LogP contribution in [-0.4, -0.2) is 10.8 Å². The Hall–Kier alpha value is -3.13. The quantitative estimate of drug-likeness (QED) is 0.474. The number of nitrogens with zero attached hydrogens (tertiary/aromatic N) is 1. The van der Waals surface area contributed by atoms with Gasteiger partial charge < -0.3 is 15.1 Å². The first-order valence-electron chi connectivity index (χ1n) is 9.56. The first kappa shape index (κ1) is 17.9. The second-order valence-electron chi connectivity index (χ2n) is 7.58. The zero-order chi connectivity index (χ0) is 20.1. The molecule has 0 saturated heterocycles. The Labute approximate surface area is 170 Å². The monoisotopic (exact) mass is 409 g/mol. The van der Waals surface area contributed by atoms with E-state index in [1.54, 1.807) is 41.7 Å². The molecule has 2 atom stereocenters. The third kappa shape index (κ3) is 3.00. The smallest absolute Gasteiger partial charge is 0.280 e. The van der Waals surface area contributed by atoms with Crippen LogP contribution in [0.3, 0.4) is 0 Å². The van der Waals surface area contributed by atoms with Gasteiger partial charge in [-0.25, -0.2) is 0 Å². The summed E-state index contributed by atoms with van der Waals surface area (Å²) >= 11 is 1.65. The van der Waals surface area contributed by atoms with Crippen LogP contribution in [0.4, 0.5) is 10.7 Å². The van der Waals surface area contributed by atoms with Crippen molar-refractivity contribution in [2.75, 3.05) is 5.32 Å². The highest BCUT2D eigenvalue weighted by Crippen LogP contribution is 2.43. The van der Waals surface area contributed by atoms with E-state index in [0.29, 0.717) is 23.0 Å². The zero-order valence-electron chi connectivity index (χ0n) is 15.7. The fraction of sp³-hybridized carbons (Fsp3) is 0.286. The third-order valence-electron chi connectivity index (χ3n) is 5.57. The van der Waals surface area contributed by atoms with Gasteiger partial charge in [-0.1, -0.05) is 19.1 Å². The van der Waals surface area contributed by atoms with Crippen molar-refractivity contribution < 1.29 is 14.1 Å². The lowest BCUT2D eigenvalue weighted by Gasteiger charge is -2.25. The van der Waals surface area contributed by atoms with Gasteiger partial charge in [0.1, 0.15) is 16.5 Å². The van der Waals surface area contributed by atoms with Crippen molar-refractivity contribution in [2.24, 2.45) is 5.92 Å². The number of furan rings is 1. The molecule has 0 saturated carbocycles. The molecule has 1 aliphatic carbocycles. The predicted molar refractivity (Wildman–Crippen MR) is 110 cm³/mol. The number of rotatable bonds is 3. The number of hydrogen-bond acceptors (Lipinski definition) is 6. The molecule has 8 heteroatoms. The Morgan fingerprint density at radius 3 is 2.86 bits per heavy atom. The van der Waals surface area contributed by atoms with Gasteiger partial charge in [-0.15, -0.1) is 11.3 Å². The summed E-state index contributed by atoms with van der Waals surface area (Å²) in [6.45, 7) is 2.24. The lowest BCUT2D eigenvalue weighted by molar-refractivity contribution is -0.384. The minimum Gasteiger partial charge on any atom is -0.457 e. The van der Waals surface area contributed by atoms with Crippen LogP contribution < -0.4 is 10.6 Å². The summed E-state index contributed by atoms with van der Waals surface area (Å²) in [4.78, 5) is 25.0. The van der Waals surface area contributed by atoms with Gasteiger partial charge in [0, 0.05) is 10.9 Å². The van der Waals surface area contributed by atoms with E-state index in [-0.39, 0.29) is 11.6 Å². The topological polar surface area (TPSA) is 97.4 Å². The van der Waals surface area contributed by atoms with Gasteiger partial charge in [-0.3, -0.25) is 14.9 Å². The number of nitro benzene ring substituents is 1. The van der Waals surface area contributed by atoms with Crippen LogP contribution in [0.25, 0.3) is 11.3 Å². The zero-order valence-corrected chi connectivity index (χ0v) is 16.5. The highest BCUT2D eigenvalue weighted by Gasteiger charge is 2.34. The molecule has 0 bridgehead atoms. The largest absolute Gasteiger partial charge is 0.457 e. The SMILES string of the molecule is C[C@H]1CCc2c(sc3c2C(=O)N[C@H](c2ccc(-c4ccccc4[N+](=O)[O-])o2)N3)C1. The number of anilines is 1. The molecule has 0 fully saturated rings. The summed E-state index contributed by atoms with van der Waals surface area (Å²) in [7, 11) is 0. The molecule has 29 heavy (non-hydrogen) atoms. The van der Waals surface area contributed by atoms with E-state index in [0.717, 1.165) is 29.8 Å². The van der Waals surface area contributed by atoms with Crippen molar-refractivity contribution in [3.63, 3.8) is 0 Å². The molecule has 1 aliphatic heterocycles. The van der Waals surface area contributed by atoms with Gasteiger partial charge >= 0.3 is 0 Å². The molecule has 1 amide bonds. The highest BCUT2D eigenvalue weighted by molar-refractivity contribution is 7.16. The van der Waals surface area contributed by atoms with E-state index in [4.69, 9.17) is 4.42 Å². The average Bonchev–Trinajstić information content (AvgIpc) is 3.32. The lowest BCUT2D eigenvalue weighted by atomic mass is 9.88. The van der Waals surface area contributed by atoms with Gasteiger partial charge in [0.25, 0.3) is 11.6 Å². The number of carbonyl (C=O) groups excluding carboxylic acids is 1. The van der Waals surface area contributed by atoms with E-state index in [2.05, 4.69) is 17.6 Å². The van der Waals surface area contributed by atoms with Crippen LogP contribution >= 0.6 is 11.3 Å². The number of nitrogens with one attached hydrogen (secondary N) is 2. The molecule has 3 aromatic rings. The van der Waals surface area contributed by atoms with Gasteiger partial charge in [-0.05, 0) is 48.9 Å². The summed E-state index contributed by atoms with van der Waals surface area (Å²) in [5, 5.41) is 18.5. The van der Waals surface area contributed by atoms with Gasteiger partial charge in [0.15, 0.2) is 6.17 Å². The number of amides is 1. The first-order chi connectivity index (χ1) is 14.0. The van der Waals surface area contributed by atoms with Crippen LogP contribution in [0.1, 0.15) is 46.1 Å². The van der Waals surface area contributed by atoms with Crippen molar-refractivity contribution in [1.29, 1.82) is 0 Å². The number of thiophene rings is 1. The maximum Gasteiger partial charge on any atom is 0.280 e. The molecular weight excluding hydrogens is 390 g/mol. The number of nitro groups is 1. The van der Waals surface area contributed by atoms with Crippen LogP contribution in [-0.2, 0) is 12.8 Å². The Morgan fingerprint density at radius 2 is 2.03 bits per heavy atom. The minimum atomic E-state index is -0.510. The van der Waals surface area contributed by atoms with Crippen molar-refractivity contribution in [3.8, 4) is 11.3 Å². The summed E-state index contributed by atoms with van der Waals surface area (Å²) in [5.41, 5.74) is 2.33. The van der Waals surface area contributed by atoms with E-state index in [1.807, 2.05) is 0 Å². The molecule has 0 radical (unpaired) electrons. The number of para-hydroxylation sites is 1. The van der Waals surface area contributed by atoms with Crippen LogP contribution in [0.5, 0.6) is 0 Å². The number of fused-ring (bicyclic) bond motifs is 3. The normalized spacial score (nSPS) is 20.4. The number of benzene rings is 1. The van der Waals surface area contributed by atoms with Crippen molar-refractivity contribution >= 4 is 27.9 Å². The molecule has 2 aliphatic rings. The summed E-state index contributed by atoms with van der Waals surface area (Å²) in [6, 6.07) is 9.89. The molecule has 3 heterocycles. The van der Waals surface area contributed by atoms with E-state index < -0.39 is 11.1 Å². The van der Waals surface area contributed by atoms with Gasteiger partial charge in [0.05, 0.1) is 16.1 Å². The lowest BCUT2D eigenvalue weighted by Crippen LogP contribution is -2.38. The molecular formula is C21H19N3O4S. The molecule has 5 rings (SSSR count). The van der Waals surface area contributed by atoms with E-state index >= 15 is 0 Å². The predicted octanol–water partition coefficient (Wildman–Crippen LogP) is 4.90. The van der Waals surface area contributed by atoms with E-state index in [1.165, 1.54) is 16.5 Å². The highest BCUT2D eigenvalue weighted by atomic mass is 32.1. The molecule has 1 aromatic carbocycles. The number of carbonyl (C=O) groups is 1. The second kappa shape index (κ2) is 6.73. The third-order valence-corrected chi connectivity index (χ3v) is 6.75. The van der Waals surface area contributed by atoms with Crippen molar-refractivity contribution in [1.82, 2.24) is 5.32 Å². The Balaban J connectivity index is 1.46. The molecule has 0 spiro atoms. The fourth-order valence-corrected chi connectivity index (χ4v) is 5.54. The number of hydrogen-bond donors (Lipinski definition) is 2. The maximum atomic E-state index is 12.8.